The number of halogens is 2. The third-order valence-corrected chi connectivity index (χ3v) is 2.55. The molecule has 0 amide bonds. The molecule has 0 aliphatic carbocycles. The molecule has 0 unspecified atom stereocenters. The molecule has 0 fully saturated rings. The SMILES string of the molecule is Nc1cnc(Oc2cc(Br)ccc2Cl)nc1. The number of benzene rings is 1. The predicted molar refractivity (Wildman–Crippen MR) is 65.7 cm³/mol. The summed E-state index contributed by atoms with van der Waals surface area (Å²) in [5, 5.41) is 0.489. The van der Waals surface area contributed by atoms with Gasteiger partial charge in [-0.2, -0.15) is 0 Å². The number of anilines is 1. The molecule has 0 saturated carbocycles. The average molecular weight is 301 g/mol. The summed E-state index contributed by atoms with van der Waals surface area (Å²) in [5.41, 5.74) is 5.94. The van der Waals surface area contributed by atoms with Crippen molar-refractivity contribution in [1.29, 1.82) is 0 Å². The highest BCUT2D eigenvalue weighted by Crippen LogP contribution is 2.30. The van der Waals surface area contributed by atoms with Crippen LogP contribution in [-0.4, -0.2) is 9.97 Å². The summed E-state index contributed by atoms with van der Waals surface area (Å²) in [4.78, 5) is 7.82. The number of hydrogen-bond acceptors (Lipinski definition) is 4. The summed E-state index contributed by atoms with van der Waals surface area (Å²) in [6, 6.07) is 5.48. The first-order chi connectivity index (χ1) is 7.65. The first kappa shape index (κ1) is 11.2. The highest BCUT2D eigenvalue weighted by Gasteiger charge is 2.05. The van der Waals surface area contributed by atoms with Gasteiger partial charge in [-0.3, -0.25) is 0 Å². The third kappa shape index (κ3) is 2.62. The fourth-order valence-electron chi connectivity index (χ4n) is 1.03. The molecule has 0 aliphatic rings. The van der Waals surface area contributed by atoms with Crippen molar-refractivity contribution >= 4 is 33.2 Å². The van der Waals surface area contributed by atoms with E-state index in [9.17, 15) is 0 Å². The van der Waals surface area contributed by atoms with Crippen molar-refractivity contribution in [2.24, 2.45) is 0 Å². The van der Waals surface area contributed by atoms with Crippen LogP contribution in [-0.2, 0) is 0 Å². The Hall–Kier alpha value is -1.33. The molecule has 16 heavy (non-hydrogen) atoms. The Kier molecular flexibility index (Phi) is 3.26. The number of nitrogens with zero attached hydrogens (tertiary/aromatic N) is 2. The lowest BCUT2D eigenvalue weighted by atomic mass is 10.3. The largest absolute Gasteiger partial charge is 0.423 e. The zero-order valence-corrected chi connectivity index (χ0v) is 10.4. The molecular formula is C10H7BrClN3O. The maximum absolute atomic E-state index is 5.95. The Morgan fingerprint density at radius 1 is 1.25 bits per heavy atom. The van der Waals surface area contributed by atoms with Gasteiger partial charge >= 0.3 is 6.01 Å². The van der Waals surface area contributed by atoms with Crippen molar-refractivity contribution in [2.45, 2.75) is 0 Å². The fourth-order valence-corrected chi connectivity index (χ4v) is 1.53. The molecule has 0 radical (unpaired) electrons. The predicted octanol–water partition coefficient (Wildman–Crippen LogP) is 3.27. The van der Waals surface area contributed by atoms with Crippen LogP contribution in [0, 0.1) is 0 Å². The first-order valence-electron chi connectivity index (χ1n) is 4.35. The molecule has 0 bridgehead atoms. The summed E-state index contributed by atoms with van der Waals surface area (Å²) in [6.07, 6.45) is 2.93. The highest BCUT2D eigenvalue weighted by molar-refractivity contribution is 9.10. The monoisotopic (exact) mass is 299 g/mol. The summed E-state index contributed by atoms with van der Waals surface area (Å²) in [7, 11) is 0. The molecular weight excluding hydrogens is 293 g/mol. The summed E-state index contributed by atoms with van der Waals surface area (Å²) < 4.78 is 6.27. The molecule has 0 saturated heterocycles. The van der Waals surface area contributed by atoms with Crippen molar-refractivity contribution < 1.29 is 4.74 Å². The Bertz CT molecular complexity index is 504. The Morgan fingerprint density at radius 3 is 2.62 bits per heavy atom. The lowest BCUT2D eigenvalue weighted by molar-refractivity contribution is 0.442. The van der Waals surface area contributed by atoms with Gasteiger partial charge in [0, 0.05) is 4.47 Å². The smallest absolute Gasteiger partial charge is 0.322 e. The molecule has 0 atom stereocenters. The lowest BCUT2D eigenvalue weighted by Gasteiger charge is -2.05. The van der Waals surface area contributed by atoms with E-state index in [0.717, 1.165) is 4.47 Å². The summed E-state index contributed by atoms with van der Waals surface area (Å²) in [5.74, 6) is 0.487. The van der Waals surface area contributed by atoms with Crippen LogP contribution in [0.1, 0.15) is 0 Å². The quantitative estimate of drug-likeness (QED) is 0.924. The molecule has 2 aromatic rings. The van der Waals surface area contributed by atoms with Crippen molar-refractivity contribution in [3.05, 3.63) is 40.1 Å². The van der Waals surface area contributed by atoms with Crippen molar-refractivity contribution in [3.8, 4) is 11.8 Å². The van der Waals surface area contributed by atoms with E-state index in [-0.39, 0.29) is 6.01 Å². The van der Waals surface area contributed by atoms with Gasteiger partial charge in [0.2, 0.25) is 0 Å². The van der Waals surface area contributed by atoms with Crippen molar-refractivity contribution in [1.82, 2.24) is 9.97 Å². The van der Waals surface area contributed by atoms with Gasteiger partial charge in [-0.1, -0.05) is 27.5 Å². The topological polar surface area (TPSA) is 61.0 Å². The molecule has 0 aliphatic heterocycles. The van der Waals surface area contributed by atoms with Gasteiger partial charge in [-0.05, 0) is 18.2 Å². The van der Waals surface area contributed by atoms with Crippen LogP contribution >= 0.6 is 27.5 Å². The van der Waals surface area contributed by atoms with Gasteiger partial charge in [0.15, 0.2) is 5.75 Å². The molecule has 1 aromatic carbocycles. The second-order valence-corrected chi connectivity index (χ2v) is 4.30. The molecule has 2 N–H and O–H groups in total. The zero-order chi connectivity index (χ0) is 11.5. The van der Waals surface area contributed by atoms with E-state index in [2.05, 4.69) is 25.9 Å². The van der Waals surface area contributed by atoms with Gasteiger partial charge in [0.1, 0.15) is 0 Å². The summed E-state index contributed by atoms with van der Waals surface area (Å²) in [6.45, 7) is 0. The lowest BCUT2D eigenvalue weighted by Crippen LogP contribution is -1.94. The van der Waals surface area contributed by atoms with Crippen LogP contribution < -0.4 is 10.5 Å². The van der Waals surface area contributed by atoms with Crippen LogP contribution in [0.15, 0.2) is 35.1 Å². The maximum Gasteiger partial charge on any atom is 0.322 e. The van der Waals surface area contributed by atoms with E-state index in [4.69, 9.17) is 22.1 Å². The normalized spacial score (nSPS) is 10.1. The maximum atomic E-state index is 5.95. The number of ether oxygens (including phenoxy) is 1. The van der Waals surface area contributed by atoms with Crippen LogP contribution in [0.25, 0.3) is 0 Å². The Labute approximate surface area is 106 Å². The van der Waals surface area contributed by atoms with Crippen LogP contribution in [0.4, 0.5) is 5.69 Å². The summed E-state index contributed by atoms with van der Waals surface area (Å²) >= 11 is 9.27. The zero-order valence-electron chi connectivity index (χ0n) is 8.02. The second kappa shape index (κ2) is 4.67. The van der Waals surface area contributed by atoms with Gasteiger partial charge in [-0.25, -0.2) is 9.97 Å². The van der Waals surface area contributed by atoms with Gasteiger partial charge in [0.25, 0.3) is 0 Å². The number of nitrogen functional groups attached to an aromatic ring is 1. The van der Waals surface area contributed by atoms with E-state index < -0.39 is 0 Å². The third-order valence-electron chi connectivity index (χ3n) is 1.74. The van der Waals surface area contributed by atoms with E-state index in [1.807, 2.05) is 6.07 Å². The van der Waals surface area contributed by atoms with E-state index in [1.54, 1.807) is 12.1 Å². The Balaban J connectivity index is 2.26. The molecule has 82 valence electrons. The number of nitrogens with two attached hydrogens (primary N) is 1. The first-order valence-corrected chi connectivity index (χ1v) is 5.52. The van der Waals surface area contributed by atoms with Crippen LogP contribution in [0.3, 0.4) is 0 Å². The minimum absolute atomic E-state index is 0.203. The fraction of sp³-hybridized carbons (Fsp3) is 0. The van der Waals surface area contributed by atoms with E-state index in [0.29, 0.717) is 16.5 Å². The molecule has 4 nitrogen and oxygen atoms in total. The van der Waals surface area contributed by atoms with Crippen molar-refractivity contribution in [3.63, 3.8) is 0 Å². The molecule has 2 rings (SSSR count). The van der Waals surface area contributed by atoms with E-state index in [1.165, 1.54) is 12.4 Å². The highest BCUT2D eigenvalue weighted by atomic mass is 79.9. The Morgan fingerprint density at radius 2 is 1.94 bits per heavy atom. The standard InChI is InChI=1S/C10H7BrClN3O/c11-6-1-2-8(12)9(3-6)16-10-14-4-7(13)5-15-10/h1-5H,13H2. The van der Waals surface area contributed by atoms with Crippen LogP contribution in [0.5, 0.6) is 11.8 Å². The van der Waals surface area contributed by atoms with Gasteiger partial charge in [-0.15, -0.1) is 0 Å². The molecule has 6 heteroatoms. The number of aromatic nitrogens is 2. The number of hydrogen-bond donors (Lipinski definition) is 1. The number of rotatable bonds is 2. The molecule has 1 aromatic heterocycles. The second-order valence-electron chi connectivity index (χ2n) is 2.98. The minimum Gasteiger partial charge on any atom is -0.423 e. The van der Waals surface area contributed by atoms with Crippen LogP contribution in [0.2, 0.25) is 5.02 Å². The molecule has 0 spiro atoms. The van der Waals surface area contributed by atoms with E-state index >= 15 is 0 Å². The van der Waals surface area contributed by atoms with Crippen molar-refractivity contribution in [2.75, 3.05) is 5.73 Å². The minimum atomic E-state index is 0.203. The van der Waals surface area contributed by atoms with Gasteiger partial charge in [0.05, 0.1) is 23.1 Å². The average Bonchev–Trinajstić information content (AvgIpc) is 2.27. The van der Waals surface area contributed by atoms with Gasteiger partial charge < -0.3 is 10.5 Å². The molecule has 1 heterocycles.